The number of nitrogens with zero attached hydrogens (tertiary/aromatic N) is 3. The van der Waals surface area contributed by atoms with Crippen LogP contribution in [0.15, 0.2) is 12.1 Å². The predicted molar refractivity (Wildman–Crippen MR) is 65.7 cm³/mol. The largest absolute Gasteiger partial charge is 0.351 e. The van der Waals surface area contributed by atoms with Crippen LogP contribution in [0.25, 0.3) is 0 Å². The third kappa shape index (κ3) is 2.50. The number of aryl methyl sites for hydroxylation is 1. The minimum atomic E-state index is 0.566. The molecule has 1 aromatic rings. The Hall–Kier alpha value is -1.16. The molecule has 16 heavy (non-hydrogen) atoms. The van der Waals surface area contributed by atoms with Crippen LogP contribution in [0.4, 0.5) is 5.82 Å². The summed E-state index contributed by atoms with van der Waals surface area (Å²) in [5.41, 5.74) is 0.974. The summed E-state index contributed by atoms with van der Waals surface area (Å²) in [4.78, 5) is 2.35. The molecule has 1 atom stereocenters. The van der Waals surface area contributed by atoms with Crippen LogP contribution in [0.1, 0.15) is 25.5 Å². The van der Waals surface area contributed by atoms with E-state index in [0.29, 0.717) is 6.04 Å². The molecule has 1 saturated heterocycles. The average Bonchev–Trinajstić information content (AvgIpc) is 2.34. The molecule has 0 radical (unpaired) electrons. The predicted octanol–water partition coefficient (Wildman–Crippen LogP) is 1.36. The van der Waals surface area contributed by atoms with Gasteiger partial charge in [0, 0.05) is 19.1 Å². The average molecular weight is 220 g/mol. The van der Waals surface area contributed by atoms with E-state index >= 15 is 0 Å². The van der Waals surface area contributed by atoms with E-state index < -0.39 is 0 Å². The summed E-state index contributed by atoms with van der Waals surface area (Å²) in [6.45, 7) is 7.34. The summed E-state index contributed by atoms with van der Waals surface area (Å²) >= 11 is 0. The van der Waals surface area contributed by atoms with E-state index in [1.165, 1.54) is 12.8 Å². The third-order valence-corrected chi connectivity index (χ3v) is 3.13. The van der Waals surface area contributed by atoms with Crippen molar-refractivity contribution >= 4 is 5.82 Å². The quantitative estimate of drug-likeness (QED) is 0.835. The van der Waals surface area contributed by atoms with Crippen LogP contribution in [0.3, 0.4) is 0 Å². The van der Waals surface area contributed by atoms with Crippen LogP contribution in [-0.2, 0) is 0 Å². The lowest BCUT2D eigenvalue weighted by Gasteiger charge is -2.34. The highest BCUT2D eigenvalue weighted by Gasteiger charge is 2.20. The Morgan fingerprint density at radius 1 is 1.44 bits per heavy atom. The van der Waals surface area contributed by atoms with Crippen molar-refractivity contribution in [1.82, 2.24) is 15.5 Å². The fourth-order valence-electron chi connectivity index (χ4n) is 2.25. The minimum Gasteiger partial charge on any atom is -0.351 e. The second-order valence-corrected chi connectivity index (χ2v) is 4.32. The van der Waals surface area contributed by atoms with Gasteiger partial charge in [0.1, 0.15) is 0 Å². The van der Waals surface area contributed by atoms with Crippen molar-refractivity contribution in [1.29, 1.82) is 0 Å². The number of aromatic nitrogens is 2. The van der Waals surface area contributed by atoms with E-state index in [4.69, 9.17) is 0 Å². The molecule has 0 aromatic carbocycles. The van der Waals surface area contributed by atoms with E-state index in [9.17, 15) is 0 Å². The number of anilines is 1. The van der Waals surface area contributed by atoms with Gasteiger partial charge < -0.3 is 10.2 Å². The third-order valence-electron chi connectivity index (χ3n) is 3.13. The SMILES string of the molecule is CCN(c1ccc(C)nn1)C1CCCNC1. The molecule has 0 saturated carbocycles. The first-order valence-corrected chi connectivity index (χ1v) is 6.09. The van der Waals surface area contributed by atoms with Crippen molar-refractivity contribution in [3.63, 3.8) is 0 Å². The second-order valence-electron chi connectivity index (χ2n) is 4.32. The van der Waals surface area contributed by atoms with Gasteiger partial charge in [0.05, 0.1) is 5.69 Å². The highest BCUT2D eigenvalue weighted by Crippen LogP contribution is 2.17. The summed E-state index contributed by atoms with van der Waals surface area (Å²) in [6.07, 6.45) is 2.50. The Kier molecular flexibility index (Phi) is 3.72. The summed E-state index contributed by atoms with van der Waals surface area (Å²) in [5, 5.41) is 11.8. The van der Waals surface area contributed by atoms with Crippen molar-refractivity contribution in [2.45, 2.75) is 32.7 Å². The van der Waals surface area contributed by atoms with E-state index in [1.54, 1.807) is 0 Å². The number of likely N-dealkylation sites (N-methyl/N-ethyl adjacent to an activating group) is 1. The van der Waals surface area contributed by atoms with Crippen molar-refractivity contribution in [3.05, 3.63) is 17.8 Å². The number of hydrogen-bond acceptors (Lipinski definition) is 4. The first kappa shape index (κ1) is 11.3. The molecule has 1 aliphatic rings. The van der Waals surface area contributed by atoms with Gasteiger partial charge in [0.15, 0.2) is 5.82 Å². The lowest BCUT2D eigenvalue weighted by molar-refractivity contribution is 0.432. The summed E-state index contributed by atoms with van der Waals surface area (Å²) in [7, 11) is 0. The molecule has 0 aliphatic carbocycles. The monoisotopic (exact) mass is 220 g/mol. The highest BCUT2D eigenvalue weighted by molar-refractivity contribution is 5.38. The summed E-state index contributed by atoms with van der Waals surface area (Å²) < 4.78 is 0. The van der Waals surface area contributed by atoms with Crippen molar-refractivity contribution < 1.29 is 0 Å². The van der Waals surface area contributed by atoms with Crippen LogP contribution in [0, 0.1) is 6.92 Å². The molecule has 4 heteroatoms. The van der Waals surface area contributed by atoms with Crippen molar-refractivity contribution in [2.75, 3.05) is 24.5 Å². The maximum absolute atomic E-state index is 4.27. The normalized spacial score (nSPS) is 20.8. The fourth-order valence-corrected chi connectivity index (χ4v) is 2.25. The van der Waals surface area contributed by atoms with Gasteiger partial charge in [-0.05, 0) is 45.4 Å². The Balaban J connectivity index is 2.11. The van der Waals surface area contributed by atoms with Gasteiger partial charge in [0.2, 0.25) is 0 Å². The van der Waals surface area contributed by atoms with Gasteiger partial charge >= 0.3 is 0 Å². The Morgan fingerprint density at radius 2 is 2.31 bits per heavy atom. The number of rotatable bonds is 3. The number of piperidine rings is 1. The Labute approximate surface area is 97.1 Å². The van der Waals surface area contributed by atoms with Gasteiger partial charge in [-0.1, -0.05) is 0 Å². The molecule has 1 aliphatic heterocycles. The van der Waals surface area contributed by atoms with Crippen molar-refractivity contribution in [3.8, 4) is 0 Å². The second kappa shape index (κ2) is 5.25. The standard InChI is InChI=1S/C12H20N4/c1-3-16(11-5-4-8-13-9-11)12-7-6-10(2)14-15-12/h6-7,11,13H,3-5,8-9H2,1-2H3. The van der Waals surface area contributed by atoms with Gasteiger partial charge in [-0.15, -0.1) is 5.10 Å². The van der Waals surface area contributed by atoms with Crippen molar-refractivity contribution in [2.24, 2.45) is 0 Å². The Morgan fingerprint density at radius 3 is 2.88 bits per heavy atom. The zero-order chi connectivity index (χ0) is 11.4. The van der Waals surface area contributed by atoms with Crippen LogP contribution in [-0.4, -0.2) is 35.9 Å². The first-order valence-electron chi connectivity index (χ1n) is 6.09. The molecule has 1 N–H and O–H groups in total. The lowest BCUT2D eigenvalue weighted by Crippen LogP contribution is -2.46. The smallest absolute Gasteiger partial charge is 0.151 e. The zero-order valence-electron chi connectivity index (χ0n) is 10.1. The zero-order valence-corrected chi connectivity index (χ0v) is 10.1. The maximum atomic E-state index is 4.27. The van der Waals surface area contributed by atoms with E-state index in [0.717, 1.165) is 31.1 Å². The summed E-state index contributed by atoms with van der Waals surface area (Å²) in [6, 6.07) is 4.66. The van der Waals surface area contributed by atoms with Gasteiger partial charge in [-0.25, -0.2) is 0 Å². The molecular formula is C12H20N4. The van der Waals surface area contributed by atoms with Gasteiger partial charge in [0.25, 0.3) is 0 Å². The highest BCUT2D eigenvalue weighted by atomic mass is 15.3. The van der Waals surface area contributed by atoms with E-state index in [1.807, 2.05) is 13.0 Å². The Bertz CT molecular complexity index is 316. The number of nitrogens with one attached hydrogen (secondary N) is 1. The lowest BCUT2D eigenvalue weighted by atomic mass is 10.1. The molecular weight excluding hydrogens is 200 g/mol. The molecule has 2 heterocycles. The minimum absolute atomic E-state index is 0.566. The van der Waals surface area contributed by atoms with Crippen LogP contribution < -0.4 is 10.2 Å². The summed E-state index contributed by atoms with van der Waals surface area (Å²) in [5.74, 6) is 1.00. The fraction of sp³-hybridized carbons (Fsp3) is 0.667. The number of hydrogen-bond donors (Lipinski definition) is 1. The maximum Gasteiger partial charge on any atom is 0.151 e. The molecule has 0 bridgehead atoms. The molecule has 1 fully saturated rings. The molecule has 1 unspecified atom stereocenters. The molecule has 1 aromatic heterocycles. The van der Waals surface area contributed by atoms with Gasteiger partial charge in [-0.2, -0.15) is 5.10 Å². The van der Waals surface area contributed by atoms with Crippen LogP contribution >= 0.6 is 0 Å². The molecule has 2 rings (SSSR count). The van der Waals surface area contributed by atoms with Crippen LogP contribution in [0.2, 0.25) is 0 Å². The first-order chi connectivity index (χ1) is 7.81. The van der Waals surface area contributed by atoms with E-state index in [2.05, 4.69) is 33.4 Å². The van der Waals surface area contributed by atoms with Gasteiger partial charge in [-0.3, -0.25) is 0 Å². The van der Waals surface area contributed by atoms with E-state index in [-0.39, 0.29) is 0 Å². The molecule has 4 nitrogen and oxygen atoms in total. The molecule has 0 spiro atoms. The topological polar surface area (TPSA) is 41.1 Å². The van der Waals surface area contributed by atoms with Crippen LogP contribution in [0.5, 0.6) is 0 Å². The molecule has 88 valence electrons. The molecule has 0 amide bonds.